The van der Waals surface area contributed by atoms with Crippen molar-refractivity contribution in [3.63, 3.8) is 0 Å². The molecule has 0 aliphatic rings. The van der Waals surface area contributed by atoms with Crippen LogP contribution in [0.25, 0.3) is 9.65 Å². The molecule has 2 rings (SSSR count). The molecule has 20 heavy (non-hydrogen) atoms. The average Bonchev–Trinajstić information content (AvgIpc) is 2.79. The summed E-state index contributed by atoms with van der Waals surface area (Å²) >= 11 is 0.116. The van der Waals surface area contributed by atoms with Gasteiger partial charge in [-0.2, -0.15) is 0 Å². The molecule has 1 aromatic heterocycles. The predicted molar refractivity (Wildman–Crippen MR) is 78.2 cm³/mol. The van der Waals surface area contributed by atoms with Crippen LogP contribution >= 0.6 is 0 Å². The third kappa shape index (κ3) is 3.82. The van der Waals surface area contributed by atoms with Crippen molar-refractivity contribution in [1.29, 1.82) is 0 Å². The molecule has 0 fully saturated rings. The number of hydroxylamine groups is 1. The van der Waals surface area contributed by atoms with E-state index < -0.39 is 0 Å². The minimum atomic E-state index is -0.335. The molecule has 0 atom stereocenters. The Morgan fingerprint density at radius 2 is 1.95 bits per heavy atom. The summed E-state index contributed by atoms with van der Waals surface area (Å²) in [5, 5.41) is 9.21. The Hall–Kier alpha value is -1.36. The van der Waals surface area contributed by atoms with Crippen molar-refractivity contribution >= 4 is 30.3 Å². The molecule has 108 valence electrons. The van der Waals surface area contributed by atoms with E-state index in [1.807, 2.05) is 27.8 Å². The van der Waals surface area contributed by atoms with Crippen LogP contribution < -0.4 is 11.0 Å². The zero-order chi connectivity index (χ0) is 14.4. The Bertz CT molecular complexity index is 633. The molecular weight excluding hydrogens is 323 g/mol. The Morgan fingerprint density at radius 3 is 2.70 bits per heavy atom. The number of aryl methyl sites for hydroxylation is 1. The topological polar surface area (TPSA) is 71.3 Å². The summed E-state index contributed by atoms with van der Waals surface area (Å²) in [5.41, 5.74) is 1.78. The molecule has 1 heterocycles. The van der Waals surface area contributed by atoms with Crippen molar-refractivity contribution in [3.8, 4) is 0 Å². The van der Waals surface area contributed by atoms with E-state index in [1.165, 1.54) is 4.26 Å². The van der Waals surface area contributed by atoms with E-state index in [0.29, 0.717) is 6.42 Å². The first-order valence-electron chi connectivity index (χ1n) is 6.74. The molecule has 0 aliphatic heterocycles. The molecule has 0 bridgehead atoms. The van der Waals surface area contributed by atoms with Gasteiger partial charge < -0.3 is 0 Å². The molecule has 0 aliphatic carbocycles. The molecule has 6 heteroatoms. The van der Waals surface area contributed by atoms with Crippen LogP contribution in [0.4, 0.5) is 0 Å². The van der Waals surface area contributed by atoms with Gasteiger partial charge in [-0.1, -0.05) is 0 Å². The monoisotopic (exact) mass is 342 g/mol. The predicted octanol–water partition coefficient (Wildman–Crippen LogP) is 1.51. The number of carbonyl (C=O) groups is 1. The number of hydrogen-bond acceptors (Lipinski definition) is 3. The number of amides is 1. The van der Waals surface area contributed by atoms with Crippen molar-refractivity contribution in [3.05, 3.63) is 34.6 Å². The summed E-state index contributed by atoms with van der Waals surface area (Å²) in [4.78, 5) is 22.9. The minimum absolute atomic E-state index is 0.116. The SMILES string of the molecule is O=C(CCCCCCn1[se]c2ccccc2c1=O)NO. The summed E-state index contributed by atoms with van der Waals surface area (Å²) in [7, 11) is 0. The number of fused-ring (bicyclic) bond motifs is 1. The Morgan fingerprint density at radius 1 is 1.20 bits per heavy atom. The van der Waals surface area contributed by atoms with Gasteiger partial charge in [0.1, 0.15) is 0 Å². The Labute approximate surface area is 123 Å². The molecule has 5 nitrogen and oxygen atoms in total. The van der Waals surface area contributed by atoms with Crippen molar-refractivity contribution in [2.75, 3.05) is 0 Å². The summed E-state index contributed by atoms with van der Waals surface area (Å²) in [5.74, 6) is -0.335. The van der Waals surface area contributed by atoms with Crippen LogP contribution in [-0.2, 0) is 11.3 Å². The van der Waals surface area contributed by atoms with Gasteiger partial charge in [0.25, 0.3) is 0 Å². The van der Waals surface area contributed by atoms with Crippen LogP contribution in [0.3, 0.4) is 0 Å². The zero-order valence-corrected chi connectivity index (χ0v) is 12.9. The van der Waals surface area contributed by atoms with Crippen LogP contribution in [0.2, 0.25) is 0 Å². The Kier molecular flexibility index (Phi) is 5.59. The molecule has 0 spiro atoms. The number of nitrogens with zero attached hydrogens (tertiary/aromatic N) is 1. The normalized spacial score (nSPS) is 10.8. The first-order valence-corrected chi connectivity index (χ1v) is 8.36. The van der Waals surface area contributed by atoms with Crippen LogP contribution in [0.1, 0.15) is 32.1 Å². The standard InChI is InChI=1S/C14H18N2O3Se/c17-13(15-19)9-3-1-2-6-10-16-14(18)11-7-4-5-8-12(11)20-16/h4-5,7-8,19H,1-3,6,9-10H2,(H,15,17). The molecule has 1 aromatic carbocycles. The van der Waals surface area contributed by atoms with E-state index in [9.17, 15) is 9.59 Å². The van der Waals surface area contributed by atoms with Gasteiger partial charge in [-0.3, -0.25) is 0 Å². The molecule has 0 saturated carbocycles. The second kappa shape index (κ2) is 7.43. The van der Waals surface area contributed by atoms with E-state index in [1.54, 1.807) is 5.48 Å². The average molecular weight is 341 g/mol. The van der Waals surface area contributed by atoms with Gasteiger partial charge in [0.05, 0.1) is 0 Å². The van der Waals surface area contributed by atoms with Crippen molar-refractivity contribution in [2.45, 2.75) is 38.6 Å². The number of aromatic nitrogens is 1. The van der Waals surface area contributed by atoms with Crippen LogP contribution in [0.15, 0.2) is 29.1 Å². The van der Waals surface area contributed by atoms with E-state index in [-0.39, 0.29) is 26.2 Å². The van der Waals surface area contributed by atoms with Crippen LogP contribution in [-0.4, -0.2) is 29.4 Å². The van der Waals surface area contributed by atoms with Gasteiger partial charge >= 0.3 is 123 Å². The first-order chi connectivity index (χ1) is 9.72. The molecule has 0 unspecified atom stereocenters. The summed E-state index contributed by atoms with van der Waals surface area (Å²) in [6, 6.07) is 7.81. The quantitative estimate of drug-likeness (QED) is 0.347. The van der Waals surface area contributed by atoms with E-state index in [4.69, 9.17) is 5.21 Å². The van der Waals surface area contributed by atoms with E-state index >= 15 is 0 Å². The number of benzene rings is 1. The van der Waals surface area contributed by atoms with Gasteiger partial charge in [0.15, 0.2) is 0 Å². The third-order valence-corrected chi connectivity index (χ3v) is 5.55. The van der Waals surface area contributed by atoms with E-state index in [0.717, 1.165) is 37.6 Å². The van der Waals surface area contributed by atoms with Gasteiger partial charge in [-0.05, 0) is 0 Å². The van der Waals surface area contributed by atoms with E-state index in [2.05, 4.69) is 0 Å². The van der Waals surface area contributed by atoms with Crippen molar-refractivity contribution in [1.82, 2.24) is 9.04 Å². The molecular formula is C14H18N2O3Se. The van der Waals surface area contributed by atoms with Gasteiger partial charge in [-0.25, -0.2) is 0 Å². The summed E-state index contributed by atoms with van der Waals surface area (Å²) in [6.45, 7) is 0.791. The zero-order valence-electron chi connectivity index (χ0n) is 11.2. The number of hydrogen-bond donors (Lipinski definition) is 2. The molecule has 1 amide bonds. The second-order valence-electron chi connectivity index (χ2n) is 4.69. The number of rotatable bonds is 7. The summed E-state index contributed by atoms with van der Waals surface area (Å²) in [6.07, 6.45) is 4.02. The van der Waals surface area contributed by atoms with Crippen LogP contribution in [0, 0.1) is 0 Å². The summed E-state index contributed by atoms with van der Waals surface area (Å²) < 4.78 is 3.11. The van der Waals surface area contributed by atoms with Gasteiger partial charge in [0.2, 0.25) is 0 Å². The fourth-order valence-corrected chi connectivity index (χ4v) is 4.28. The Balaban J connectivity index is 1.77. The first kappa shape index (κ1) is 15.0. The number of nitrogens with one attached hydrogen (secondary N) is 1. The van der Waals surface area contributed by atoms with Gasteiger partial charge in [0, 0.05) is 0 Å². The number of carbonyl (C=O) groups excluding carboxylic acids is 1. The second-order valence-corrected chi connectivity index (χ2v) is 6.92. The fraction of sp³-hybridized carbons (Fsp3) is 0.429. The molecule has 2 N–H and O–H groups in total. The maximum atomic E-state index is 12.1. The van der Waals surface area contributed by atoms with Gasteiger partial charge in [-0.15, -0.1) is 0 Å². The van der Waals surface area contributed by atoms with Crippen molar-refractivity contribution in [2.24, 2.45) is 0 Å². The van der Waals surface area contributed by atoms with Crippen LogP contribution in [0.5, 0.6) is 0 Å². The third-order valence-electron chi connectivity index (χ3n) is 3.19. The number of unbranched alkanes of at least 4 members (excludes halogenated alkanes) is 3. The molecule has 0 radical (unpaired) electrons. The van der Waals surface area contributed by atoms with Crippen molar-refractivity contribution < 1.29 is 10.0 Å². The fourth-order valence-electron chi connectivity index (χ4n) is 2.12. The maximum absolute atomic E-state index is 12.1. The molecule has 2 aromatic rings. The molecule has 0 saturated heterocycles.